The van der Waals surface area contributed by atoms with Crippen LogP contribution in [0.4, 0.5) is 28.4 Å². The molecule has 80 heavy (non-hydrogen) atoms. The van der Waals surface area contributed by atoms with E-state index in [9.17, 15) is 0 Å². The zero-order valence-corrected chi connectivity index (χ0v) is 44.8. The Morgan fingerprint density at radius 1 is 0.500 bits per heavy atom. The number of allylic oxidation sites excluding steroid dienone is 2. The van der Waals surface area contributed by atoms with Crippen LogP contribution < -0.4 is 9.80 Å². The summed E-state index contributed by atoms with van der Waals surface area (Å²) in [6.07, 6.45) is 10.3. The van der Waals surface area contributed by atoms with E-state index in [0.717, 1.165) is 86.0 Å². The highest BCUT2D eigenvalue weighted by Crippen LogP contribution is 2.66. The van der Waals surface area contributed by atoms with Crippen LogP contribution in [0.3, 0.4) is 0 Å². The van der Waals surface area contributed by atoms with Gasteiger partial charge in [-0.15, -0.1) is 0 Å². The molecule has 0 bridgehead atoms. The minimum Gasteiger partial charge on any atom is -0.454 e. The summed E-state index contributed by atoms with van der Waals surface area (Å²) < 4.78 is 13.6. The Hall–Kier alpha value is -9.90. The van der Waals surface area contributed by atoms with Gasteiger partial charge in [0, 0.05) is 44.6 Å². The van der Waals surface area contributed by atoms with Crippen LogP contribution in [-0.2, 0) is 11.8 Å². The average Bonchev–Trinajstić information content (AvgIpc) is 3.17. The van der Waals surface area contributed by atoms with Crippen LogP contribution in [-0.4, -0.2) is 0 Å². The number of aryl methyl sites for hydroxylation is 2. The Morgan fingerprint density at radius 2 is 1.15 bits per heavy atom. The van der Waals surface area contributed by atoms with Gasteiger partial charge in [0.05, 0.1) is 16.8 Å². The number of para-hydroxylation sites is 2. The molecule has 0 radical (unpaired) electrons. The third kappa shape index (κ3) is 6.51. The van der Waals surface area contributed by atoms with Gasteiger partial charge in [-0.2, -0.15) is 0 Å². The molecule has 4 heteroatoms. The summed E-state index contributed by atoms with van der Waals surface area (Å²) in [7, 11) is 0. The Bertz CT molecular complexity index is 4820. The predicted molar refractivity (Wildman–Crippen MR) is 335 cm³/mol. The number of anilines is 5. The normalized spacial score (nSPS) is 13.8. The molecule has 13 aromatic rings. The first-order valence-electron chi connectivity index (χ1n) is 27.9. The quantitative estimate of drug-likeness (QED) is 0.142. The molecule has 0 unspecified atom stereocenters. The van der Waals surface area contributed by atoms with Crippen molar-refractivity contribution in [3.8, 4) is 22.3 Å². The molecular weight excluding hydrogens is 973 g/mol. The maximum absolute atomic E-state index is 6.81. The zero-order valence-electron chi connectivity index (χ0n) is 44.8. The van der Waals surface area contributed by atoms with Gasteiger partial charge in [-0.05, 0) is 200 Å². The highest BCUT2D eigenvalue weighted by Gasteiger charge is 2.53. The second-order valence-electron chi connectivity index (χ2n) is 21.9. The van der Waals surface area contributed by atoms with Crippen molar-refractivity contribution in [2.75, 3.05) is 9.80 Å². The largest absolute Gasteiger partial charge is 0.454 e. The van der Waals surface area contributed by atoms with Crippen LogP contribution in [0, 0.1) is 13.8 Å². The molecule has 3 aliphatic rings. The van der Waals surface area contributed by atoms with E-state index >= 15 is 0 Å². The topological polar surface area (TPSA) is 32.8 Å². The minimum atomic E-state index is -0.641. The number of rotatable bonds is 8. The number of nitrogens with zero attached hydrogens (tertiary/aromatic N) is 2. The van der Waals surface area contributed by atoms with Gasteiger partial charge >= 0.3 is 0 Å². The SMILES string of the molecule is C=Cc1oc2c(c1/C=C\C)CCC=C2N(c1cccc(C)c1)c1ccc2cc3c(cc2c1)C1(c2ccccc2-c2ccccc21)c1c-3c2ccccc2c2cc(N(c3cccc(C)c3)c3cccc4c3oc3ccccc34)ccc12. The molecule has 0 N–H and O–H groups in total. The summed E-state index contributed by atoms with van der Waals surface area (Å²) in [5.41, 5.74) is 22.5. The maximum Gasteiger partial charge on any atom is 0.159 e. The number of benzene rings is 11. The number of fused-ring (bicyclic) bond motifs is 20. The number of hydrogen-bond donors (Lipinski definition) is 0. The predicted octanol–water partition coefficient (Wildman–Crippen LogP) is 20.9. The second kappa shape index (κ2) is 17.6. The molecule has 0 atom stereocenters. The smallest absolute Gasteiger partial charge is 0.159 e. The van der Waals surface area contributed by atoms with Crippen LogP contribution in [0.5, 0.6) is 0 Å². The van der Waals surface area contributed by atoms with E-state index in [1.54, 1.807) is 0 Å². The fourth-order valence-corrected chi connectivity index (χ4v) is 14.2. The van der Waals surface area contributed by atoms with E-state index < -0.39 is 5.41 Å². The van der Waals surface area contributed by atoms with Gasteiger partial charge in [0.2, 0.25) is 0 Å². The highest BCUT2D eigenvalue weighted by molar-refractivity contribution is 6.22. The van der Waals surface area contributed by atoms with Crippen molar-refractivity contribution in [1.29, 1.82) is 0 Å². The monoisotopic (exact) mass is 1030 g/mol. The fraction of sp³-hybridized carbons (Fsp3) is 0.0789. The molecule has 0 aliphatic heterocycles. The third-order valence-corrected chi connectivity index (χ3v) is 17.4. The van der Waals surface area contributed by atoms with Crippen molar-refractivity contribution in [2.24, 2.45) is 0 Å². The van der Waals surface area contributed by atoms with Crippen molar-refractivity contribution in [3.05, 3.63) is 287 Å². The summed E-state index contributed by atoms with van der Waals surface area (Å²) in [6, 6.07) is 79.3. The van der Waals surface area contributed by atoms with Crippen molar-refractivity contribution in [1.82, 2.24) is 0 Å². The summed E-state index contributed by atoms with van der Waals surface area (Å²) in [6.45, 7) is 10.6. The van der Waals surface area contributed by atoms with Gasteiger partial charge in [0.15, 0.2) is 11.3 Å². The van der Waals surface area contributed by atoms with E-state index in [2.05, 4.69) is 262 Å². The summed E-state index contributed by atoms with van der Waals surface area (Å²) in [4.78, 5) is 4.80. The first-order valence-corrected chi connectivity index (χ1v) is 27.9. The van der Waals surface area contributed by atoms with E-state index in [4.69, 9.17) is 8.83 Å². The van der Waals surface area contributed by atoms with E-state index in [-0.39, 0.29) is 0 Å². The van der Waals surface area contributed by atoms with Crippen molar-refractivity contribution in [3.63, 3.8) is 0 Å². The number of hydrogen-bond acceptors (Lipinski definition) is 4. The first kappa shape index (κ1) is 46.2. The molecule has 0 fully saturated rings. The highest BCUT2D eigenvalue weighted by atomic mass is 16.3. The molecule has 0 saturated carbocycles. The van der Waals surface area contributed by atoms with Gasteiger partial charge in [-0.3, -0.25) is 0 Å². The van der Waals surface area contributed by atoms with Gasteiger partial charge < -0.3 is 18.6 Å². The minimum absolute atomic E-state index is 0.641. The lowest BCUT2D eigenvalue weighted by Gasteiger charge is -2.32. The van der Waals surface area contributed by atoms with Crippen LogP contribution in [0.25, 0.3) is 94.4 Å². The summed E-state index contributed by atoms with van der Waals surface area (Å²) in [5, 5.41) is 9.47. The molecule has 11 aromatic carbocycles. The lowest BCUT2D eigenvalue weighted by atomic mass is 9.69. The average molecular weight is 1030 g/mol. The first-order chi connectivity index (χ1) is 39.4. The van der Waals surface area contributed by atoms with Crippen LogP contribution in [0.2, 0.25) is 0 Å². The van der Waals surface area contributed by atoms with Crippen molar-refractivity contribution >= 4 is 101 Å². The molecule has 1 spiro atoms. The molecule has 380 valence electrons. The Kier molecular flexibility index (Phi) is 10.1. The number of furan rings is 2. The second-order valence-corrected chi connectivity index (χ2v) is 21.9. The van der Waals surface area contributed by atoms with Gasteiger partial charge in [-0.1, -0.05) is 164 Å². The fourth-order valence-electron chi connectivity index (χ4n) is 14.2. The summed E-state index contributed by atoms with van der Waals surface area (Å²) >= 11 is 0. The molecule has 16 rings (SSSR count). The van der Waals surface area contributed by atoms with Crippen molar-refractivity contribution < 1.29 is 8.83 Å². The molecule has 2 aromatic heterocycles. The third-order valence-electron chi connectivity index (χ3n) is 17.4. The van der Waals surface area contributed by atoms with Gasteiger partial charge in [-0.25, -0.2) is 0 Å². The van der Waals surface area contributed by atoms with Crippen LogP contribution in [0.1, 0.15) is 69.4 Å². The van der Waals surface area contributed by atoms with Crippen LogP contribution in [0.15, 0.2) is 240 Å². The Morgan fingerprint density at radius 3 is 1.90 bits per heavy atom. The van der Waals surface area contributed by atoms with Gasteiger partial charge in [0.25, 0.3) is 0 Å². The van der Waals surface area contributed by atoms with Gasteiger partial charge in [0.1, 0.15) is 11.3 Å². The molecule has 2 heterocycles. The van der Waals surface area contributed by atoms with E-state index in [1.807, 2.05) is 12.1 Å². The lowest BCUT2D eigenvalue weighted by Crippen LogP contribution is -2.26. The lowest BCUT2D eigenvalue weighted by molar-refractivity contribution is 0.535. The molecule has 3 aliphatic carbocycles. The maximum atomic E-state index is 6.81. The molecule has 0 amide bonds. The van der Waals surface area contributed by atoms with Crippen molar-refractivity contribution in [2.45, 2.75) is 39.0 Å². The molecular formula is C76H54N2O2. The van der Waals surface area contributed by atoms with E-state index in [0.29, 0.717) is 0 Å². The Balaban J connectivity index is 0.961. The van der Waals surface area contributed by atoms with E-state index in [1.165, 1.54) is 93.5 Å². The standard InChI is InChI=1S/C76H54N2O2/c1-5-19-57-61-29-17-33-68(74(61)79-70(57)6-2)77(50-22-15-20-46(3)40-50)52-37-36-48-43-64-67(44-49(48)42-52)76(65-31-12-9-25-55(65)56-26-10-13-32-66(56)76)73-60-39-38-53(45-63(60)54-24-7-8-28-59(54)72(64)73)78(51-23-16-21-47(4)41-51)69-34-18-30-62-58-27-11-14-35-71(58)80-75(62)69/h5-16,18-28,30-45H,2,17,29H2,1,3-4H3/b19-5-. The van der Waals surface area contributed by atoms with Crippen LogP contribution >= 0.6 is 0 Å². The summed E-state index contributed by atoms with van der Waals surface area (Å²) in [5.74, 6) is 1.71. The molecule has 4 nitrogen and oxygen atoms in total. The Labute approximate surface area is 465 Å². The molecule has 0 saturated heterocycles. The zero-order chi connectivity index (χ0) is 53.4.